The molecule has 2 N–H and O–H groups in total. The lowest BCUT2D eigenvalue weighted by Crippen LogP contribution is -2.30. The standard InChI is InChI=1S/C11H16BrNOS/c12-10-5-6-15-11(10)7-14-9-3-1-8(13)2-4-9/h5-6,8-9H,1-4,7,13H2. The lowest BCUT2D eigenvalue weighted by atomic mass is 9.94. The summed E-state index contributed by atoms with van der Waals surface area (Å²) in [4.78, 5) is 1.28. The topological polar surface area (TPSA) is 35.2 Å². The van der Waals surface area contributed by atoms with Crippen molar-refractivity contribution in [3.05, 3.63) is 20.8 Å². The van der Waals surface area contributed by atoms with Crippen LogP contribution < -0.4 is 5.73 Å². The fraction of sp³-hybridized carbons (Fsp3) is 0.636. The Balaban J connectivity index is 1.77. The van der Waals surface area contributed by atoms with E-state index in [9.17, 15) is 0 Å². The third kappa shape index (κ3) is 3.28. The molecule has 84 valence electrons. The Hall–Kier alpha value is 0.100. The fourth-order valence-electron chi connectivity index (χ4n) is 1.88. The summed E-state index contributed by atoms with van der Waals surface area (Å²) in [6, 6.07) is 2.47. The van der Waals surface area contributed by atoms with E-state index >= 15 is 0 Å². The molecule has 2 nitrogen and oxygen atoms in total. The van der Waals surface area contributed by atoms with Crippen molar-refractivity contribution < 1.29 is 4.74 Å². The SMILES string of the molecule is NC1CCC(OCc2sccc2Br)CC1. The average molecular weight is 290 g/mol. The van der Waals surface area contributed by atoms with Crippen LogP contribution in [0.15, 0.2) is 15.9 Å². The van der Waals surface area contributed by atoms with Gasteiger partial charge in [0.25, 0.3) is 0 Å². The van der Waals surface area contributed by atoms with E-state index in [0.29, 0.717) is 12.1 Å². The first-order valence-electron chi connectivity index (χ1n) is 5.35. The molecule has 0 aliphatic heterocycles. The molecule has 0 saturated heterocycles. The molecule has 1 aromatic rings. The highest BCUT2D eigenvalue weighted by molar-refractivity contribution is 9.10. The van der Waals surface area contributed by atoms with Crippen molar-refractivity contribution in [3.8, 4) is 0 Å². The van der Waals surface area contributed by atoms with E-state index in [1.54, 1.807) is 11.3 Å². The highest BCUT2D eigenvalue weighted by Crippen LogP contribution is 2.26. The van der Waals surface area contributed by atoms with Gasteiger partial charge in [0, 0.05) is 15.4 Å². The summed E-state index contributed by atoms with van der Waals surface area (Å²) in [5, 5.41) is 2.08. The Labute approximate surface area is 103 Å². The predicted octanol–water partition coefficient (Wildman–Crippen LogP) is 3.30. The van der Waals surface area contributed by atoms with Gasteiger partial charge in [-0.3, -0.25) is 0 Å². The summed E-state index contributed by atoms with van der Waals surface area (Å²) >= 11 is 5.25. The highest BCUT2D eigenvalue weighted by atomic mass is 79.9. The molecule has 1 fully saturated rings. The van der Waals surface area contributed by atoms with Crippen LogP contribution in [0.3, 0.4) is 0 Å². The second-order valence-electron chi connectivity index (χ2n) is 4.04. The van der Waals surface area contributed by atoms with E-state index in [2.05, 4.69) is 27.4 Å². The van der Waals surface area contributed by atoms with Crippen molar-refractivity contribution in [3.63, 3.8) is 0 Å². The van der Waals surface area contributed by atoms with Gasteiger partial charge in [0.2, 0.25) is 0 Å². The molecule has 0 radical (unpaired) electrons. The van der Waals surface area contributed by atoms with Crippen LogP contribution in [-0.4, -0.2) is 12.1 Å². The van der Waals surface area contributed by atoms with Gasteiger partial charge in [-0.25, -0.2) is 0 Å². The quantitative estimate of drug-likeness (QED) is 0.927. The van der Waals surface area contributed by atoms with Crippen LogP contribution in [0, 0.1) is 0 Å². The molecule has 0 bridgehead atoms. The number of ether oxygens (including phenoxy) is 1. The molecule has 2 rings (SSSR count). The van der Waals surface area contributed by atoms with Crippen LogP contribution >= 0.6 is 27.3 Å². The first kappa shape index (κ1) is 11.6. The molecule has 0 spiro atoms. The maximum atomic E-state index is 5.88. The maximum absolute atomic E-state index is 5.88. The Kier molecular flexibility index (Phi) is 4.20. The van der Waals surface area contributed by atoms with Crippen LogP contribution in [0.1, 0.15) is 30.6 Å². The Morgan fingerprint density at radius 3 is 2.73 bits per heavy atom. The van der Waals surface area contributed by atoms with Crippen LogP contribution in [0.4, 0.5) is 0 Å². The second kappa shape index (κ2) is 5.43. The molecule has 15 heavy (non-hydrogen) atoms. The van der Waals surface area contributed by atoms with Crippen LogP contribution in [0.5, 0.6) is 0 Å². The van der Waals surface area contributed by atoms with Gasteiger partial charge in [-0.2, -0.15) is 0 Å². The third-order valence-electron chi connectivity index (χ3n) is 2.86. The van der Waals surface area contributed by atoms with E-state index < -0.39 is 0 Å². The summed E-state index contributed by atoms with van der Waals surface area (Å²) in [5.74, 6) is 0. The number of rotatable bonds is 3. The van der Waals surface area contributed by atoms with Gasteiger partial charge in [-0.15, -0.1) is 11.3 Å². The number of thiophene rings is 1. The zero-order valence-electron chi connectivity index (χ0n) is 8.62. The first-order chi connectivity index (χ1) is 7.25. The molecule has 1 saturated carbocycles. The maximum Gasteiger partial charge on any atom is 0.0824 e. The monoisotopic (exact) mass is 289 g/mol. The zero-order chi connectivity index (χ0) is 10.7. The molecule has 1 aromatic heterocycles. The first-order valence-corrected chi connectivity index (χ1v) is 7.02. The molecule has 1 aliphatic carbocycles. The number of nitrogens with two attached hydrogens (primary N) is 1. The van der Waals surface area contributed by atoms with E-state index in [1.807, 2.05) is 0 Å². The van der Waals surface area contributed by atoms with Crippen molar-refractivity contribution in [1.29, 1.82) is 0 Å². The number of halogens is 1. The lowest BCUT2D eigenvalue weighted by molar-refractivity contribution is 0.0149. The Morgan fingerprint density at radius 1 is 1.40 bits per heavy atom. The summed E-state index contributed by atoms with van der Waals surface area (Å²) in [6.07, 6.45) is 4.86. The summed E-state index contributed by atoms with van der Waals surface area (Å²) in [6.45, 7) is 0.734. The smallest absolute Gasteiger partial charge is 0.0824 e. The van der Waals surface area contributed by atoms with Crippen molar-refractivity contribution >= 4 is 27.3 Å². The molecular formula is C11H16BrNOS. The summed E-state index contributed by atoms with van der Waals surface area (Å²) < 4.78 is 7.05. The lowest BCUT2D eigenvalue weighted by Gasteiger charge is -2.26. The normalized spacial score (nSPS) is 26.8. The molecule has 4 heteroatoms. The Bertz CT molecular complexity index is 307. The minimum atomic E-state index is 0.401. The van der Waals surface area contributed by atoms with Crippen molar-refractivity contribution in [2.75, 3.05) is 0 Å². The average Bonchev–Trinajstić information content (AvgIpc) is 2.63. The highest BCUT2D eigenvalue weighted by Gasteiger charge is 2.19. The van der Waals surface area contributed by atoms with Gasteiger partial charge >= 0.3 is 0 Å². The van der Waals surface area contributed by atoms with Gasteiger partial charge in [0.15, 0.2) is 0 Å². The van der Waals surface area contributed by atoms with E-state index in [4.69, 9.17) is 10.5 Å². The number of hydrogen-bond acceptors (Lipinski definition) is 3. The van der Waals surface area contributed by atoms with E-state index in [1.165, 1.54) is 9.35 Å². The van der Waals surface area contributed by atoms with Gasteiger partial charge in [0.1, 0.15) is 0 Å². The van der Waals surface area contributed by atoms with Gasteiger partial charge in [-0.1, -0.05) is 0 Å². The third-order valence-corrected chi connectivity index (χ3v) is 4.76. The Morgan fingerprint density at radius 2 is 2.13 bits per heavy atom. The van der Waals surface area contributed by atoms with E-state index in [0.717, 1.165) is 32.3 Å². The molecule has 0 unspecified atom stereocenters. The fourth-order valence-corrected chi connectivity index (χ4v) is 3.26. The second-order valence-corrected chi connectivity index (χ2v) is 5.89. The minimum Gasteiger partial charge on any atom is -0.373 e. The summed E-state index contributed by atoms with van der Waals surface area (Å²) in [7, 11) is 0. The summed E-state index contributed by atoms with van der Waals surface area (Å²) in [5.41, 5.74) is 5.85. The molecule has 0 amide bonds. The van der Waals surface area contributed by atoms with Crippen LogP contribution in [0.25, 0.3) is 0 Å². The van der Waals surface area contributed by atoms with E-state index in [-0.39, 0.29) is 0 Å². The van der Waals surface area contributed by atoms with Crippen molar-refractivity contribution in [2.45, 2.75) is 44.4 Å². The molecule has 1 aliphatic rings. The predicted molar refractivity (Wildman–Crippen MR) is 67.0 cm³/mol. The van der Waals surface area contributed by atoms with Crippen molar-refractivity contribution in [2.24, 2.45) is 5.73 Å². The molecule has 0 aromatic carbocycles. The molecular weight excluding hydrogens is 274 g/mol. The van der Waals surface area contributed by atoms with Crippen molar-refractivity contribution in [1.82, 2.24) is 0 Å². The molecule has 0 atom stereocenters. The molecule has 1 heterocycles. The largest absolute Gasteiger partial charge is 0.373 e. The van der Waals surface area contributed by atoms with Crippen LogP contribution in [0.2, 0.25) is 0 Å². The minimum absolute atomic E-state index is 0.401. The zero-order valence-corrected chi connectivity index (χ0v) is 11.0. The van der Waals surface area contributed by atoms with Gasteiger partial charge < -0.3 is 10.5 Å². The van der Waals surface area contributed by atoms with Gasteiger partial charge in [0.05, 0.1) is 12.7 Å². The van der Waals surface area contributed by atoms with Gasteiger partial charge in [-0.05, 0) is 53.1 Å². The number of hydrogen-bond donors (Lipinski definition) is 1. The van der Waals surface area contributed by atoms with Crippen LogP contribution in [-0.2, 0) is 11.3 Å².